The van der Waals surface area contributed by atoms with Crippen molar-refractivity contribution in [2.45, 2.75) is 26.9 Å². The summed E-state index contributed by atoms with van der Waals surface area (Å²) in [5, 5.41) is 14.5. The monoisotopic (exact) mass is 287 g/mol. The molecule has 0 radical (unpaired) electrons. The normalized spacial score (nSPS) is 11.0. The topological polar surface area (TPSA) is 60.1 Å². The molecule has 0 unspecified atom stereocenters. The summed E-state index contributed by atoms with van der Waals surface area (Å²) in [5.41, 5.74) is 2.03. The van der Waals surface area contributed by atoms with Gasteiger partial charge in [-0.1, -0.05) is 32.0 Å². The van der Waals surface area contributed by atoms with Gasteiger partial charge in [0.25, 0.3) is 5.69 Å². The van der Waals surface area contributed by atoms with Crippen LogP contribution in [0.25, 0.3) is 0 Å². The third-order valence-electron chi connectivity index (χ3n) is 3.31. The molecule has 0 atom stereocenters. The first-order valence-corrected chi connectivity index (χ1v) is 7.15. The van der Waals surface area contributed by atoms with E-state index in [4.69, 9.17) is 0 Å². The predicted molar refractivity (Wildman–Crippen MR) is 83.2 cm³/mol. The van der Waals surface area contributed by atoms with Gasteiger partial charge in [-0.05, 0) is 24.6 Å². The van der Waals surface area contributed by atoms with Crippen molar-refractivity contribution in [1.82, 2.24) is 9.88 Å². The molecule has 2 aromatic rings. The molecule has 0 saturated heterocycles. The van der Waals surface area contributed by atoms with E-state index in [1.807, 2.05) is 30.5 Å². The highest BCUT2D eigenvalue weighted by atomic mass is 16.6. The van der Waals surface area contributed by atoms with Crippen molar-refractivity contribution in [3.63, 3.8) is 0 Å². The molecule has 0 fully saturated rings. The Morgan fingerprint density at radius 1 is 1.24 bits per heavy atom. The second kappa shape index (κ2) is 7.04. The number of hydrogen-bond donors (Lipinski definition) is 1. The molecule has 21 heavy (non-hydrogen) atoms. The Labute approximate surface area is 124 Å². The summed E-state index contributed by atoms with van der Waals surface area (Å²) >= 11 is 0. The molecular formula is C16H21N3O2. The van der Waals surface area contributed by atoms with Crippen LogP contribution in [0.15, 0.2) is 42.6 Å². The summed E-state index contributed by atoms with van der Waals surface area (Å²) in [6, 6.07) is 10.9. The van der Waals surface area contributed by atoms with Gasteiger partial charge in [0.2, 0.25) is 0 Å². The number of rotatable bonds is 7. The third kappa shape index (κ3) is 4.16. The zero-order valence-electron chi connectivity index (χ0n) is 12.5. The number of nitro benzene ring substituents is 1. The van der Waals surface area contributed by atoms with Crippen LogP contribution in [0.1, 0.15) is 25.1 Å². The van der Waals surface area contributed by atoms with E-state index in [9.17, 15) is 10.1 Å². The molecule has 1 heterocycles. The van der Waals surface area contributed by atoms with Crippen molar-refractivity contribution >= 4 is 5.69 Å². The SMILES string of the molecule is CC(C)CNCc1cccn1Cc1ccccc1[N+](=O)[O-]. The molecule has 112 valence electrons. The van der Waals surface area contributed by atoms with Crippen LogP contribution in [0.2, 0.25) is 0 Å². The molecule has 0 aliphatic carbocycles. The Morgan fingerprint density at radius 2 is 2.00 bits per heavy atom. The molecule has 1 aromatic heterocycles. The minimum Gasteiger partial charge on any atom is -0.346 e. The number of nitrogens with zero attached hydrogens (tertiary/aromatic N) is 2. The van der Waals surface area contributed by atoms with Gasteiger partial charge in [-0.3, -0.25) is 10.1 Å². The standard InChI is InChI=1S/C16H21N3O2/c1-13(2)10-17-11-15-7-5-9-18(15)12-14-6-3-4-8-16(14)19(20)21/h3-9,13,17H,10-12H2,1-2H3. The highest BCUT2D eigenvalue weighted by molar-refractivity contribution is 5.40. The second-order valence-corrected chi connectivity index (χ2v) is 5.54. The Hall–Kier alpha value is -2.14. The van der Waals surface area contributed by atoms with Crippen LogP contribution in [-0.4, -0.2) is 16.0 Å². The smallest absolute Gasteiger partial charge is 0.274 e. The fourth-order valence-corrected chi connectivity index (χ4v) is 2.26. The third-order valence-corrected chi connectivity index (χ3v) is 3.31. The van der Waals surface area contributed by atoms with E-state index >= 15 is 0 Å². The summed E-state index contributed by atoms with van der Waals surface area (Å²) in [7, 11) is 0. The molecule has 0 amide bonds. The van der Waals surface area contributed by atoms with Crippen LogP contribution >= 0.6 is 0 Å². The number of hydrogen-bond acceptors (Lipinski definition) is 3. The summed E-state index contributed by atoms with van der Waals surface area (Å²) in [5.74, 6) is 0.601. The molecular weight excluding hydrogens is 266 g/mol. The van der Waals surface area contributed by atoms with E-state index in [-0.39, 0.29) is 10.6 Å². The van der Waals surface area contributed by atoms with Crippen LogP contribution in [-0.2, 0) is 13.1 Å². The largest absolute Gasteiger partial charge is 0.346 e. The summed E-state index contributed by atoms with van der Waals surface area (Å²) < 4.78 is 2.05. The zero-order valence-corrected chi connectivity index (χ0v) is 12.5. The molecule has 0 spiro atoms. The molecule has 1 aromatic carbocycles. The highest BCUT2D eigenvalue weighted by Crippen LogP contribution is 2.19. The van der Waals surface area contributed by atoms with Crippen molar-refractivity contribution in [3.8, 4) is 0 Å². The van der Waals surface area contributed by atoms with Crippen molar-refractivity contribution in [2.75, 3.05) is 6.54 Å². The number of para-hydroxylation sites is 1. The number of nitrogens with one attached hydrogen (secondary N) is 1. The van der Waals surface area contributed by atoms with Crippen LogP contribution in [0.3, 0.4) is 0 Å². The van der Waals surface area contributed by atoms with Crippen molar-refractivity contribution in [3.05, 3.63) is 64.0 Å². The second-order valence-electron chi connectivity index (χ2n) is 5.54. The van der Waals surface area contributed by atoms with Crippen molar-refractivity contribution < 1.29 is 4.92 Å². The minimum atomic E-state index is -0.324. The lowest BCUT2D eigenvalue weighted by Crippen LogP contribution is -2.21. The number of nitro groups is 1. The molecule has 0 saturated carbocycles. The Morgan fingerprint density at radius 3 is 2.71 bits per heavy atom. The van der Waals surface area contributed by atoms with Gasteiger partial charge in [0.1, 0.15) is 0 Å². The van der Waals surface area contributed by atoms with Gasteiger partial charge in [0.15, 0.2) is 0 Å². The predicted octanol–water partition coefficient (Wildman–Crippen LogP) is 3.19. The van der Waals surface area contributed by atoms with Crippen LogP contribution in [0, 0.1) is 16.0 Å². The average molecular weight is 287 g/mol. The first-order valence-electron chi connectivity index (χ1n) is 7.15. The van der Waals surface area contributed by atoms with Crippen molar-refractivity contribution in [2.24, 2.45) is 5.92 Å². The number of aromatic nitrogens is 1. The van der Waals surface area contributed by atoms with E-state index in [1.54, 1.807) is 12.1 Å². The van der Waals surface area contributed by atoms with Gasteiger partial charge >= 0.3 is 0 Å². The van der Waals surface area contributed by atoms with E-state index in [1.165, 1.54) is 0 Å². The Kier molecular flexibility index (Phi) is 5.11. The van der Waals surface area contributed by atoms with Crippen LogP contribution < -0.4 is 5.32 Å². The lowest BCUT2D eigenvalue weighted by molar-refractivity contribution is -0.385. The minimum absolute atomic E-state index is 0.173. The molecule has 5 nitrogen and oxygen atoms in total. The van der Waals surface area contributed by atoms with E-state index < -0.39 is 0 Å². The zero-order chi connectivity index (χ0) is 15.2. The summed E-state index contributed by atoms with van der Waals surface area (Å²) in [6.07, 6.45) is 1.96. The molecule has 2 rings (SSSR count). The van der Waals surface area contributed by atoms with Gasteiger partial charge in [-0.25, -0.2) is 0 Å². The van der Waals surface area contributed by atoms with Gasteiger partial charge in [0.05, 0.1) is 11.5 Å². The van der Waals surface area contributed by atoms with Gasteiger partial charge < -0.3 is 9.88 Å². The molecule has 0 bridgehead atoms. The summed E-state index contributed by atoms with van der Waals surface area (Å²) in [4.78, 5) is 10.7. The van der Waals surface area contributed by atoms with Gasteiger partial charge in [-0.15, -0.1) is 0 Å². The molecule has 0 aliphatic rings. The fraction of sp³-hybridized carbons (Fsp3) is 0.375. The van der Waals surface area contributed by atoms with E-state index in [0.29, 0.717) is 12.5 Å². The van der Waals surface area contributed by atoms with Crippen LogP contribution in [0.5, 0.6) is 0 Å². The first-order chi connectivity index (χ1) is 10.1. The average Bonchev–Trinajstić information content (AvgIpc) is 2.86. The maximum absolute atomic E-state index is 11.1. The molecule has 5 heteroatoms. The lowest BCUT2D eigenvalue weighted by atomic mass is 10.2. The Balaban J connectivity index is 2.10. The van der Waals surface area contributed by atoms with E-state index in [0.717, 1.165) is 24.3 Å². The van der Waals surface area contributed by atoms with E-state index in [2.05, 4.69) is 23.7 Å². The molecule has 1 N–H and O–H groups in total. The van der Waals surface area contributed by atoms with Gasteiger partial charge in [-0.2, -0.15) is 0 Å². The Bertz CT molecular complexity index is 605. The maximum Gasteiger partial charge on any atom is 0.274 e. The first kappa shape index (κ1) is 15.3. The quantitative estimate of drug-likeness (QED) is 0.628. The number of benzene rings is 1. The molecule has 0 aliphatic heterocycles. The summed E-state index contributed by atoms with van der Waals surface area (Å²) in [6.45, 7) is 6.57. The maximum atomic E-state index is 11.1. The fourth-order valence-electron chi connectivity index (χ4n) is 2.26. The van der Waals surface area contributed by atoms with Gasteiger partial charge in [0, 0.05) is 30.1 Å². The highest BCUT2D eigenvalue weighted by Gasteiger charge is 2.13. The van der Waals surface area contributed by atoms with Crippen molar-refractivity contribution in [1.29, 1.82) is 0 Å². The van der Waals surface area contributed by atoms with Crippen LogP contribution in [0.4, 0.5) is 5.69 Å². The lowest BCUT2D eigenvalue weighted by Gasteiger charge is -2.12.